The summed E-state index contributed by atoms with van der Waals surface area (Å²) < 4.78 is 0. The molecule has 3 rings (SSSR count). The van der Waals surface area contributed by atoms with Crippen molar-refractivity contribution in [2.45, 2.75) is 38.6 Å². The maximum absolute atomic E-state index is 12.6. The lowest BCUT2D eigenvalue weighted by Gasteiger charge is -2.22. The van der Waals surface area contributed by atoms with Gasteiger partial charge >= 0.3 is 6.03 Å². The number of urea groups is 1. The molecule has 10 heteroatoms. The summed E-state index contributed by atoms with van der Waals surface area (Å²) >= 11 is 13.5. The van der Waals surface area contributed by atoms with Crippen LogP contribution in [0.15, 0.2) is 24.4 Å². The third kappa shape index (κ3) is 4.39. The summed E-state index contributed by atoms with van der Waals surface area (Å²) in [6.07, 6.45) is 3.10. The molecule has 154 valence electrons. The zero-order valence-electron chi connectivity index (χ0n) is 15.9. The van der Waals surface area contributed by atoms with Gasteiger partial charge in [0.2, 0.25) is 5.91 Å². The van der Waals surface area contributed by atoms with Crippen LogP contribution in [0.25, 0.3) is 0 Å². The third-order valence-electron chi connectivity index (χ3n) is 4.95. The fraction of sp³-hybridized carbons (Fsp3) is 0.368. The predicted octanol–water partition coefficient (Wildman–Crippen LogP) is 4.09. The summed E-state index contributed by atoms with van der Waals surface area (Å²) in [6.45, 7) is 3.30. The van der Waals surface area contributed by atoms with Crippen LogP contribution in [0.4, 0.5) is 9.93 Å². The molecule has 2 N–H and O–H groups in total. The number of carbonyl (C=O) groups excluding carboxylic acids is 3. The molecule has 2 heterocycles. The summed E-state index contributed by atoms with van der Waals surface area (Å²) in [7, 11) is 0. The molecule has 1 fully saturated rings. The van der Waals surface area contributed by atoms with Gasteiger partial charge in [0.15, 0.2) is 5.13 Å². The van der Waals surface area contributed by atoms with Crippen LogP contribution < -0.4 is 10.6 Å². The van der Waals surface area contributed by atoms with Crippen LogP contribution >= 0.6 is 34.5 Å². The van der Waals surface area contributed by atoms with E-state index < -0.39 is 17.5 Å². The van der Waals surface area contributed by atoms with Crippen LogP contribution in [0.2, 0.25) is 10.0 Å². The third-order valence-corrected chi connectivity index (χ3v) is 6.72. The normalized spacial score (nSPS) is 15.5. The molecule has 1 saturated heterocycles. The number of benzene rings is 1. The average molecular weight is 455 g/mol. The summed E-state index contributed by atoms with van der Waals surface area (Å²) in [5, 5.41) is 6.69. The number of carbonyl (C=O) groups is 3. The molecule has 0 bridgehead atoms. The molecular weight excluding hydrogens is 435 g/mol. The quantitative estimate of drug-likeness (QED) is 0.616. The van der Waals surface area contributed by atoms with E-state index in [1.807, 2.05) is 26.0 Å². The van der Waals surface area contributed by atoms with E-state index in [-0.39, 0.29) is 12.5 Å². The first-order chi connectivity index (χ1) is 13.8. The Hall–Kier alpha value is -2.16. The predicted molar refractivity (Wildman–Crippen MR) is 114 cm³/mol. The van der Waals surface area contributed by atoms with Gasteiger partial charge in [-0.3, -0.25) is 14.5 Å². The Labute approximate surface area is 182 Å². The number of halogens is 2. The SMILES string of the molecule is CCC1(CC)NC(=O)N(CC(=O)Nc2ncc(Cc3cccc(Cl)c3Cl)s2)C1=O. The van der Waals surface area contributed by atoms with Gasteiger partial charge in [-0.05, 0) is 24.5 Å². The van der Waals surface area contributed by atoms with Gasteiger partial charge in [-0.1, -0.05) is 49.2 Å². The number of aromatic nitrogens is 1. The second-order valence-electron chi connectivity index (χ2n) is 6.68. The number of hydrogen-bond acceptors (Lipinski definition) is 5. The molecule has 1 aromatic carbocycles. The van der Waals surface area contributed by atoms with Crippen molar-refractivity contribution >= 4 is 57.5 Å². The standard InChI is InChI=1S/C19H20Cl2N4O3S/c1-3-19(4-2)16(27)25(18(28)24-19)10-14(26)23-17-22-9-12(29-17)8-11-6-5-7-13(20)15(11)21/h5-7,9H,3-4,8,10H2,1-2H3,(H,24,28)(H,22,23,26). The molecule has 0 spiro atoms. The number of nitrogens with zero attached hydrogens (tertiary/aromatic N) is 2. The molecule has 0 atom stereocenters. The Bertz CT molecular complexity index is 959. The minimum atomic E-state index is -0.929. The van der Waals surface area contributed by atoms with Crippen LogP contribution in [-0.4, -0.2) is 39.8 Å². The molecule has 0 aliphatic carbocycles. The monoisotopic (exact) mass is 454 g/mol. The molecule has 0 radical (unpaired) electrons. The minimum Gasteiger partial charge on any atom is -0.323 e. The van der Waals surface area contributed by atoms with Gasteiger partial charge in [0, 0.05) is 17.5 Å². The Morgan fingerprint density at radius 3 is 2.66 bits per heavy atom. The van der Waals surface area contributed by atoms with E-state index >= 15 is 0 Å². The van der Waals surface area contributed by atoms with E-state index in [9.17, 15) is 14.4 Å². The minimum absolute atomic E-state index is 0.360. The molecule has 0 saturated carbocycles. The van der Waals surface area contributed by atoms with Crippen molar-refractivity contribution < 1.29 is 14.4 Å². The Morgan fingerprint density at radius 2 is 2.00 bits per heavy atom. The Kier molecular flexibility index (Phi) is 6.45. The molecule has 4 amide bonds. The van der Waals surface area contributed by atoms with E-state index in [4.69, 9.17) is 23.2 Å². The molecular formula is C19H20Cl2N4O3S. The van der Waals surface area contributed by atoms with Gasteiger partial charge in [0.1, 0.15) is 12.1 Å². The van der Waals surface area contributed by atoms with Crippen molar-refractivity contribution in [3.05, 3.63) is 44.9 Å². The largest absolute Gasteiger partial charge is 0.325 e. The van der Waals surface area contributed by atoms with Crippen LogP contribution in [0.5, 0.6) is 0 Å². The van der Waals surface area contributed by atoms with Crippen molar-refractivity contribution in [1.29, 1.82) is 0 Å². The summed E-state index contributed by atoms with van der Waals surface area (Å²) in [5.74, 6) is -0.865. The number of hydrogen-bond donors (Lipinski definition) is 2. The second-order valence-corrected chi connectivity index (χ2v) is 8.58. The van der Waals surface area contributed by atoms with Gasteiger partial charge in [0.25, 0.3) is 5.91 Å². The topological polar surface area (TPSA) is 91.4 Å². The fourth-order valence-electron chi connectivity index (χ4n) is 3.17. The number of anilines is 1. The van der Waals surface area contributed by atoms with Crippen molar-refractivity contribution in [1.82, 2.24) is 15.2 Å². The van der Waals surface area contributed by atoms with Crippen molar-refractivity contribution in [3.63, 3.8) is 0 Å². The fourth-order valence-corrected chi connectivity index (χ4v) is 4.41. The van der Waals surface area contributed by atoms with E-state index in [2.05, 4.69) is 15.6 Å². The van der Waals surface area contributed by atoms with Crippen LogP contribution in [-0.2, 0) is 16.0 Å². The molecule has 0 unspecified atom stereocenters. The summed E-state index contributed by atoms with van der Waals surface area (Å²) in [6, 6.07) is 4.85. The number of nitrogens with one attached hydrogen (secondary N) is 2. The van der Waals surface area contributed by atoms with E-state index in [1.165, 1.54) is 11.3 Å². The lowest BCUT2D eigenvalue weighted by Crippen LogP contribution is -2.46. The number of amides is 4. The maximum Gasteiger partial charge on any atom is 0.325 e. The Morgan fingerprint density at radius 1 is 1.28 bits per heavy atom. The lowest BCUT2D eigenvalue weighted by atomic mass is 9.93. The first-order valence-electron chi connectivity index (χ1n) is 9.11. The van der Waals surface area contributed by atoms with Crippen molar-refractivity contribution in [2.24, 2.45) is 0 Å². The first-order valence-corrected chi connectivity index (χ1v) is 10.7. The van der Waals surface area contributed by atoms with E-state index in [0.29, 0.717) is 34.4 Å². The molecule has 1 aliphatic rings. The van der Waals surface area contributed by atoms with Gasteiger partial charge in [-0.25, -0.2) is 9.78 Å². The van der Waals surface area contributed by atoms with Gasteiger partial charge in [-0.2, -0.15) is 0 Å². The number of thiazole rings is 1. The Balaban J connectivity index is 1.63. The highest BCUT2D eigenvalue weighted by Gasteiger charge is 2.49. The molecule has 1 aliphatic heterocycles. The lowest BCUT2D eigenvalue weighted by molar-refractivity contribution is -0.134. The number of rotatable bonds is 7. The van der Waals surface area contributed by atoms with Gasteiger partial charge < -0.3 is 10.6 Å². The van der Waals surface area contributed by atoms with Crippen LogP contribution in [0.3, 0.4) is 0 Å². The molecule has 7 nitrogen and oxygen atoms in total. The highest BCUT2D eigenvalue weighted by atomic mass is 35.5. The zero-order chi connectivity index (χ0) is 21.2. The van der Waals surface area contributed by atoms with Gasteiger partial charge in [-0.15, -0.1) is 11.3 Å². The first kappa shape index (κ1) is 21.5. The highest BCUT2D eigenvalue weighted by Crippen LogP contribution is 2.30. The average Bonchev–Trinajstić information content (AvgIpc) is 3.22. The van der Waals surface area contributed by atoms with E-state index in [0.717, 1.165) is 15.3 Å². The van der Waals surface area contributed by atoms with Crippen LogP contribution in [0.1, 0.15) is 37.1 Å². The highest BCUT2D eigenvalue weighted by molar-refractivity contribution is 7.15. The number of imide groups is 1. The molecule has 2 aromatic rings. The summed E-state index contributed by atoms with van der Waals surface area (Å²) in [4.78, 5) is 43.1. The molecule has 1 aromatic heterocycles. The maximum atomic E-state index is 12.6. The van der Waals surface area contributed by atoms with Crippen molar-refractivity contribution in [3.8, 4) is 0 Å². The summed E-state index contributed by atoms with van der Waals surface area (Å²) in [5.41, 5.74) is -0.0717. The van der Waals surface area contributed by atoms with E-state index in [1.54, 1.807) is 12.3 Å². The van der Waals surface area contributed by atoms with Crippen molar-refractivity contribution in [2.75, 3.05) is 11.9 Å². The second kappa shape index (κ2) is 8.69. The molecule has 29 heavy (non-hydrogen) atoms. The van der Waals surface area contributed by atoms with Crippen LogP contribution in [0, 0.1) is 0 Å². The van der Waals surface area contributed by atoms with Gasteiger partial charge in [0.05, 0.1) is 10.0 Å². The zero-order valence-corrected chi connectivity index (χ0v) is 18.2. The smallest absolute Gasteiger partial charge is 0.323 e.